The molecule has 0 aliphatic carbocycles. The van der Waals surface area contributed by atoms with Crippen molar-refractivity contribution >= 4 is 45.9 Å². The number of furan rings is 1. The van der Waals surface area contributed by atoms with Gasteiger partial charge in [-0.05, 0) is 17.8 Å². The number of hydrogen-bond acceptors (Lipinski definition) is 8. The number of hydrogen-bond donors (Lipinski definition) is 2. The number of nitrogens with two attached hydrogens (primary N) is 1. The molecule has 3 aromatic heterocycles. The minimum atomic E-state index is -0.435. The highest BCUT2D eigenvalue weighted by Crippen LogP contribution is 2.32. The Morgan fingerprint density at radius 1 is 1.17 bits per heavy atom. The van der Waals surface area contributed by atoms with Crippen LogP contribution < -0.4 is 11.1 Å². The zero-order valence-corrected chi connectivity index (χ0v) is 12.8. The molecule has 0 spiro atoms. The number of nitrogens with one attached hydrogen (secondary N) is 1. The van der Waals surface area contributed by atoms with Crippen molar-refractivity contribution in [2.24, 2.45) is 0 Å². The topological polar surface area (TPSA) is 124 Å². The lowest BCUT2D eigenvalue weighted by Crippen LogP contribution is -2.17. The molecule has 0 aromatic carbocycles. The maximum Gasteiger partial charge on any atom is 0.290 e. The summed E-state index contributed by atoms with van der Waals surface area (Å²) >= 11 is 0.833. The molecule has 3 aromatic rings. The van der Waals surface area contributed by atoms with Crippen LogP contribution in [0.5, 0.6) is 0 Å². The minimum absolute atomic E-state index is 0.178. The molecule has 1 aliphatic rings. The first-order valence-corrected chi connectivity index (χ1v) is 7.62. The summed E-state index contributed by atoms with van der Waals surface area (Å²) in [6.45, 7) is 0. The van der Waals surface area contributed by atoms with Crippen LogP contribution in [0.15, 0.2) is 40.2 Å². The molecule has 1 saturated heterocycles. The standard InChI is InChI=1S/C15H9N5O3S/c16-14-18-4-8(5-19-14)10-6-17-3-7-1-9(23-12(7)10)2-11-13(21)20-15(22)24-11/h1-6H,(H2,16,18,19)(H,20,21,22)/b11-2+. The maximum atomic E-state index is 11.6. The van der Waals surface area contributed by atoms with Crippen LogP contribution in [-0.4, -0.2) is 26.1 Å². The molecule has 1 fully saturated rings. The van der Waals surface area contributed by atoms with Gasteiger partial charge in [-0.1, -0.05) is 0 Å². The zero-order chi connectivity index (χ0) is 16.7. The molecule has 0 bridgehead atoms. The molecule has 0 atom stereocenters. The first-order valence-electron chi connectivity index (χ1n) is 6.80. The van der Waals surface area contributed by atoms with E-state index in [1.54, 1.807) is 30.9 Å². The number of nitrogen functional groups attached to an aromatic ring is 1. The van der Waals surface area contributed by atoms with Gasteiger partial charge in [-0.15, -0.1) is 0 Å². The first kappa shape index (κ1) is 14.4. The molecule has 1 aliphatic heterocycles. The number of rotatable bonds is 2. The number of anilines is 1. The van der Waals surface area contributed by atoms with Crippen LogP contribution in [0.1, 0.15) is 5.76 Å². The zero-order valence-electron chi connectivity index (χ0n) is 12.0. The maximum absolute atomic E-state index is 11.6. The van der Waals surface area contributed by atoms with Crippen molar-refractivity contribution in [3.8, 4) is 11.1 Å². The van der Waals surface area contributed by atoms with Crippen molar-refractivity contribution in [1.29, 1.82) is 0 Å². The lowest BCUT2D eigenvalue weighted by Gasteiger charge is -2.01. The van der Waals surface area contributed by atoms with Crippen molar-refractivity contribution < 1.29 is 14.0 Å². The Morgan fingerprint density at radius 2 is 1.96 bits per heavy atom. The molecule has 9 heteroatoms. The average molecular weight is 339 g/mol. The molecule has 0 saturated carbocycles. The van der Waals surface area contributed by atoms with Gasteiger partial charge in [-0.25, -0.2) is 9.97 Å². The van der Waals surface area contributed by atoms with Crippen molar-refractivity contribution in [1.82, 2.24) is 20.3 Å². The third-order valence-corrected chi connectivity index (χ3v) is 4.15. The Kier molecular flexibility index (Phi) is 3.28. The van der Waals surface area contributed by atoms with Gasteiger partial charge in [0.15, 0.2) is 0 Å². The second kappa shape index (κ2) is 5.46. The van der Waals surface area contributed by atoms with Crippen LogP contribution in [0.3, 0.4) is 0 Å². The van der Waals surface area contributed by atoms with E-state index in [-0.39, 0.29) is 10.9 Å². The highest BCUT2D eigenvalue weighted by Gasteiger charge is 2.25. The van der Waals surface area contributed by atoms with Gasteiger partial charge in [-0.3, -0.25) is 19.9 Å². The summed E-state index contributed by atoms with van der Waals surface area (Å²) in [6, 6.07) is 1.74. The molecule has 2 amide bonds. The molecule has 118 valence electrons. The van der Waals surface area contributed by atoms with Gasteiger partial charge in [0.05, 0.1) is 4.91 Å². The number of aromatic nitrogens is 3. The Morgan fingerprint density at radius 3 is 2.67 bits per heavy atom. The highest BCUT2D eigenvalue weighted by molar-refractivity contribution is 8.18. The van der Waals surface area contributed by atoms with Gasteiger partial charge in [0.25, 0.3) is 11.1 Å². The van der Waals surface area contributed by atoms with Gasteiger partial charge in [0, 0.05) is 47.4 Å². The number of imide groups is 1. The van der Waals surface area contributed by atoms with Crippen molar-refractivity contribution in [2.45, 2.75) is 0 Å². The van der Waals surface area contributed by atoms with E-state index >= 15 is 0 Å². The van der Waals surface area contributed by atoms with Crippen molar-refractivity contribution in [3.63, 3.8) is 0 Å². The number of amides is 2. The van der Waals surface area contributed by atoms with E-state index in [9.17, 15) is 9.59 Å². The number of carbonyl (C=O) groups excluding carboxylic acids is 2. The normalized spacial score (nSPS) is 16.1. The SMILES string of the molecule is Nc1ncc(-c2cncc3cc(/C=C4/SC(=O)NC4=O)oc23)cn1. The molecular formula is C15H9N5O3S. The lowest BCUT2D eigenvalue weighted by molar-refractivity contribution is -0.115. The van der Waals surface area contributed by atoms with Gasteiger partial charge >= 0.3 is 0 Å². The predicted octanol–water partition coefficient (Wildman–Crippen LogP) is 2.19. The van der Waals surface area contributed by atoms with Crippen LogP contribution >= 0.6 is 11.8 Å². The van der Waals surface area contributed by atoms with E-state index in [1.807, 2.05) is 0 Å². The Bertz CT molecular complexity index is 1010. The van der Waals surface area contributed by atoms with Crippen LogP contribution in [0.4, 0.5) is 10.7 Å². The third kappa shape index (κ3) is 2.50. The Labute approximate surface area is 139 Å². The first-order chi connectivity index (χ1) is 11.6. The summed E-state index contributed by atoms with van der Waals surface area (Å²) in [4.78, 5) is 35.2. The van der Waals surface area contributed by atoms with Crippen LogP contribution in [0.25, 0.3) is 28.2 Å². The summed E-state index contributed by atoms with van der Waals surface area (Å²) in [5.41, 5.74) is 7.50. The second-order valence-electron chi connectivity index (χ2n) is 4.94. The second-order valence-corrected chi connectivity index (χ2v) is 5.95. The van der Waals surface area contributed by atoms with Gasteiger partial charge in [0.1, 0.15) is 11.3 Å². The third-order valence-electron chi connectivity index (χ3n) is 3.34. The molecule has 4 rings (SSSR count). The van der Waals surface area contributed by atoms with E-state index in [1.165, 1.54) is 6.08 Å². The Balaban J connectivity index is 1.80. The van der Waals surface area contributed by atoms with E-state index in [0.29, 0.717) is 22.5 Å². The van der Waals surface area contributed by atoms with E-state index in [4.69, 9.17) is 10.2 Å². The van der Waals surface area contributed by atoms with E-state index < -0.39 is 11.1 Å². The van der Waals surface area contributed by atoms with E-state index in [2.05, 4.69) is 20.3 Å². The van der Waals surface area contributed by atoms with Crippen molar-refractivity contribution in [2.75, 3.05) is 5.73 Å². The number of carbonyl (C=O) groups is 2. The number of nitrogens with zero attached hydrogens (tertiary/aromatic N) is 3. The van der Waals surface area contributed by atoms with Crippen LogP contribution in [0, 0.1) is 0 Å². The minimum Gasteiger partial charge on any atom is -0.456 e. The van der Waals surface area contributed by atoms with Crippen molar-refractivity contribution in [3.05, 3.63) is 41.5 Å². The number of fused-ring (bicyclic) bond motifs is 1. The fourth-order valence-electron chi connectivity index (χ4n) is 2.29. The monoisotopic (exact) mass is 339 g/mol. The molecule has 8 nitrogen and oxygen atoms in total. The molecule has 4 heterocycles. The Hall–Kier alpha value is -3.20. The average Bonchev–Trinajstić information content (AvgIpc) is 3.10. The smallest absolute Gasteiger partial charge is 0.290 e. The fraction of sp³-hybridized carbons (Fsp3) is 0. The molecule has 0 radical (unpaired) electrons. The van der Waals surface area contributed by atoms with Gasteiger partial charge < -0.3 is 10.2 Å². The number of pyridine rings is 1. The predicted molar refractivity (Wildman–Crippen MR) is 88.6 cm³/mol. The van der Waals surface area contributed by atoms with E-state index in [0.717, 1.165) is 17.1 Å². The van der Waals surface area contributed by atoms with Gasteiger partial charge in [-0.2, -0.15) is 0 Å². The largest absolute Gasteiger partial charge is 0.456 e. The summed E-state index contributed by atoms with van der Waals surface area (Å²) in [7, 11) is 0. The van der Waals surface area contributed by atoms with Crippen LogP contribution in [-0.2, 0) is 4.79 Å². The summed E-state index contributed by atoms with van der Waals surface area (Å²) in [5, 5.41) is 2.55. The molecule has 0 unspecified atom stereocenters. The fourth-order valence-corrected chi connectivity index (χ4v) is 2.95. The molecular weight excluding hydrogens is 330 g/mol. The quantitative estimate of drug-likeness (QED) is 0.681. The summed E-state index contributed by atoms with van der Waals surface area (Å²) in [5.74, 6) is 0.191. The van der Waals surface area contributed by atoms with Crippen LogP contribution in [0.2, 0.25) is 0 Å². The molecule has 24 heavy (non-hydrogen) atoms. The highest BCUT2D eigenvalue weighted by atomic mass is 32.2. The lowest BCUT2D eigenvalue weighted by atomic mass is 10.1. The van der Waals surface area contributed by atoms with Gasteiger partial charge in [0.2, 0.25) is 5.95 Å². The molecule has 3 N–H and O–H groups in total. The summed E-state index contributed by atoms with van der Waals surface area (Å²) in [6.07, 6.45) is 7.97. The summed E-state index contributed by atoms with van der Waals surface area (Å²) < 4.78 is 5.82. The number of thioether (sulfide) groups is 1.